The minimum absolute atomic E-state index is 0. The fraction of sp³-hybridized carbons (Fsp3) is 0.188. The van der Waals surface area contributed by atoms with E-state index in [2.05, 4.69) is 40.1 Å². The Morgan fingerprint density at radius 1 is 0.732 bits per heavy atom. The molecule has 0 amide bonds. The zero-order valence-corrected chi connectivity index (χ0v) is 33.3. The van der Waals surface area contributed by atoms with Gasteiger partial charge in [-0.2, -0.15) is 36.5 Å². The number of carbonyl (C=O) groups is 1. The maximum Gasteiger partial charge on any atom is 2.00 e. The van der Waals surface area contributed by atoms with E-state index in [0.29, 0.717) is 6.07 Å². The van der Waals surface area contributed by atoms with Gasteiger partial charge in [0.15, 0.2) is 5.78 Å². The van der Waals surface area contributed by atoms with Gasteiger partial charge in [0.2, 0.25) is 11.8 Å². The zero-order valence-electron chi connectivity index (χ0n) is 28.7. The van der Waals surface area contributed by atoms with Crippen molar-refractivity contribution in [3.05, 3.63) is 126 Å². The maximum absolute atomic E-state index is 13.6. The minimum Gasteiger partial charge on any atom is -1.00 e. The van der Waals surface area contributed by atoms with Crippen LogP contribution in [0.15, 0.2) is 86.5 Å². The quantitative estimate of drug-likeness (QED) is 0.0693. The molecule has 0 aliphatic rings. The molecule has 0 aliphatic heterocycles. The average molecular weight is 903 g/mol. The summed E-state index contributed by atoms with van der Waals surface area (Å²) in [5.41, 5.74) is -5.12. The van der Waals surface area contributed by atoms with E-state index < -0.39 is 52.5 Å². The normalized spacial score (nSPS) is 12.0. The third-order valence-electron chi connectivity index (χ3n) is 6.80. The first-order valence-electron chi connectivity index (χ1n) is 14.6. The molecule has 292 valence electrons. The van der Waals surface area contributed by atoms with Gasteiger partial charge in [-0.3, -0.25) is 4.79 Å². The van der Waals surface area contributed by atoms with Crippen LogP contribution in [-0.4, -0.2) is 83.4 Å². The van der Waals surface area contributed by atoms with E-state index in [-0.39, 0.29) is 87.6 Å². The van der Waals surface area contributed by atoms with Gasteiger partial charge >= 0.3 is 35.4 Å². The molecule has 0 bridgehead atoms. The van der Waals surface area contributed by atoms with Crippen LogP contribution >= 0.6 is 23.2 Å². The molecular weight excluding hydrogens is 878 g/mol. The molecule has 0 aromatic carbocycles. The summed E-state index contributed by atoms with van der Waals surface area (Å²) in [7, 11) is 0. The molecular formula is C32H25BrCl2F6MgN10O4. The summed E-state index contributed by atoms with van der Waals surface area (Å²) < 4.78 is 93.7. The first-order chi connectivity index (χ1) is 25.0. The summed E-state index contributed by atoms with van der Waals surface area (Å²) in [5.74, 6) is -1.13. The SMILES string of the molecule is CC(O)(Cn1cncn1)c1cnc(Oc2ccc(Cl)nc2)cc1C(F)(F)F.O=C(Cn1cncn1)c1cnc(Oc2ccc(Cl)nc2)cc1C(F)(F)F.[Br-].[CH3-].[Mg+2]. The Labute approximate surface area is 350 Å². The molecule has 6 aromatic heterocycles. The van der Waals surface area contributed by atoms with Gasteiger partial charge in [0, 0.05) is 30.1 Å². The topological polar surface area (TPSA) is 169 Å². The molecule has 1 unspecified atom stereocenters. The van der Waals surface area contributed by atoms with Crippen molar-refractivity contribution in [3.63, 3.8) is 0 Å². The zero-order chi connectivity index (χ0) is 38.4. The van der Waals surface area contributed by atoms with Gasteiger partial charge < -0.3 is 39.0 Å². The van der Waals surface area contributed by atoms with E-state index >= 15 is 0 Å². The van der Waals surface area contributed by atoms with Crippen molar-refractivity contribution in [2.75, 3.05) is 0 Å². The van der Waals surface area contributed by atoms with Gasteiger partial charge in [-0.05, 0) is 31.2 Å². The standard InChI is InChI=1S/C16H13ClF3N5O2.C15H9ClF3N5O2.CH3.BrH.Mg/c1-15(26,7-25-9-21-8-24-25)12-6-23-14(4-11(12)16(18,19)20)27-10-2-3-13(17)22-5-10;16-13-2-1-9(4-21-13)26-14-3-11(15(17,18)19)10(5-22-14)12(25)6-24-8-20-7-23-24;;;/h2-6,8-9,26H,7H2,1H3;1-5,7-8H,6H2;1H3;1H;/q;;-1;;+2/p-1. The van der Waals surface area contributed by atoms with Crippen LogP contribution in [0.3, 0.4) is 0 Å². The smallest absolute Gasteiger partial charge is 1.00 e. The van der Waals surface area contributed by atoms with Gasteiger partial charge in [-0.25, -0.2) is 39.3 Å². The van der Waals surface area contributed by atoms with Crippen molar-refractivity contribution >= 4 is 52.0 Å². The number of hydrogen-bond acceptors (Lipinski definition) is 12. The van der Waals surface area contributed by atoms with Crippen molar-refractivity contribution in [3.8, 4) is 23.3 Å². The van der Waals surface area contributed by atoms with E-state index in [9.17, 15) is 36.2 Å². The van der Waals surface area contributed by atoms with Crippen molar-refractivity contribution in [2.45, 2.75) is 38.0 Å². The second-order valence-corrected chi connectivity index (χ2v) is 11.6. The fourth-order valence-electron chi connectivity index (χ4n) is 4.45. The Bertz CT molecular complexity index is 2150. The van der Waals surface area contributed by atoms with Crippen LogP contribution in [0.25, 0.3) is 0 Å². The summed E-state index contributed by atoms with van der Waals surface area (Å²) in [6.07, 6.45) is -0.354. The molecule has 0 aliphatic carbocycles. The summed E-state index contributed by atoms with van der Waals surface area (Å²) in [4.78, 5) is 34.7. The molecule has 6 heterocycles. The number of aromatic nitrogens is 10. The molecule has 24 heteroatoms. The number of nitrogens with zero attached hydrogens (tertiary/aromatic N) is 10. The van der Waals surface area contributed by atoms with Crippen LogP contribution in [0.1, 0.15) is 34.0 Å². The fourth-order valence-corrected chi connectivity index (χ4v) is 4.68. The molecule has 0 radical (unpaired) electrons. The second kappa shape index (κ2) is 20.1. The molecule has 0 fully saturated rings. The molecule has 0 saturated carbocycles. The predicted octanol–water partition coefficient (Wildman–Crippen LogP) is 3.93. The van der Waals surface area contributed by atoms with Crippen LogP contribution in [0, 0.1) is 7.43 Å². The number of ketones is 1. The molecule has 6 rings (SSSR count). The van der Waals surface area contributed by atoms with Gasteiger partial charge in [-0.15, -0.1) is 0 Å². The van der Waals surface area contributed by atoms with Crippen LogP contribution < -0.4 is 26.5 Å². The average Bonchev–Trinajstić information content (AvgIpc) is 3.81. The number of halogens is 9. The number of pyridine rings is 4. The molecule has 6 aromatic rings. The van der Waals surface area contributed by atoms with E-state index in [1.807, 2.05) is 0 Å². The van der Waals surface area contributed by atoms with Crippen LogP contribution in [0.4, 0.5) is 26.3 Å². The largest absolute Gasteiger partial charge is 2.00 e. The number of aliphatic hydroxyl groups is 1. The van der Waals surface area contributed by atoms with Crippen LogP contribution in [0.5, 0.6) is 23.3 Å². The van der Waals surface area contributed by atoms with E-state index in [4.69, 9.17) is 32.7 Å². The third kappa shape index (κ3) is 13.0. The first-order valence-corrected chi connectivity index (χ1v) is 15.4. The summed E-state index contributed by atoms with van der Waals surface area (Å²) in [6.45, 7) is 0.607. The number of hydrogen-bond donors (Lipinski definition) is 1. The number of rotatable bonds is 10. The van der Waals surface area contributed by atoms with Crippen molar-refractivity contribution in [1.82, 2.24) is 49.5 Å². The number of Topliss-reactive ketones (excluding diaryl/α,β-unsaturated/α-hetero) is 1. The van der Waals surface area contributed by atoms with E-state index in [0.717, 1.165) is 23.1 Å². The maximum atomic E-state index is 13.6. The molecule has 0 saturated heterocycles. The Balaban J connectivity index is 0.000000367. The molecule has 1 atom stereocenters. The van der Waals surface area contributed by atoms with Gasteiger partial charge in [0.1, 0.15) is 59.3 Å². The van der Waals surface area contributed by atoms with Gasteiger partial charge in [0.05, 0.1) is 35.6 Å². The van der Waals surface area contributed by atoms with Gasteiger partial charge in [0.25, 0.3) is 0 Å². The third-order valence-corrected chi connectivity index (χ3v) is 7.25. The van der Waals surface area contributed by atoms with Crippen molar-refractivity contribution in [1.29, 1.82) is 0 Å². The number of carbonyl (C=O) groups excluding carboxylic acids is 1. The Morgan fingerprint density at radius 3 is 1.66 bits per heavy atom. The predicted molar refractivity (Wildman–Crippen MR) is 183 cm³/mol. The van der Waals surface area contributed by atoms with Crippen molar-refractivity contribution in [2.24, 2.45) is 0 Å². The van der Waals surface area contributed by atoms with E-state index in [1.54, 1.807) is 0 Å². The molecule has 56 heavy (non-hydrogen) atoms. The minimum atomic E-state index is -4.77. The summed E-state index contributed by atoms with van der Waals surface area (Å²) in [5, 5.41) is 18.5. The molecule has 14 nitrogen and oxygen atoms in total. The molecule has 1 N–H and O–H groups in total. The van der Waals surface area contributed by atoms with E-state index in [1.165, 1.54) is 73.6 Å². The Hall–Kier alpha value is -4.48. The monoisotopic (exact) mass is 900 g/mol. The second-order valence-electron chi connectivity index (χ2n) is 10.9. The Kier molecular flexibility index (Phi) is 17.1. The number of alkyl halides is 6. The first kappa shape index (κ1) is 47.7. The summed E-state index contributed by atoms with van der Waals surface area (Å²) in [6, 6.07) is 7.09. The van der Waals surface area contributed by atoms with Gasteiger partial charge in [-0.1, -0.05) is 23.2 Å². The van der Waals surface area contributed by atoms with Crippen molar-refractivity contribution < 1.29 is 62.7 Å². The number of ether oxygens (including phenoxy) is 2. The van der Waals surface area contributed by atoms with Crippen LogP contribution in [0.2, 0.25) is 10.3 Å². The molecule has 0 spiro atoms. The summed E-state index contributed by atoms with van der Waals surface area (Å²) >= 11 is 11.3. The van der Waals surface area contributed by atoms with Crippen LogP contribution in [-0.2, 0) is 31.0 Å². The Morgan fingerprint density at radius 2 is 1.21 bits per heavy atom.